The Hall–Kier alpha value is -2.83. The molecule has 3 rings (SSSR count). The first-order valence-electron chi connectivity index (χ1n) is 8.86. The maximum atomic E-state index is 12.5. The van der Waals surface area contributed by atoms with Crippen LogP contribution >= 0.6 is 0 Å². The Bertz CT molecular complexity index is 847. The molecule has 2 N–H and O–H groups in total. The summed E-state index contributed by atoms with van der Waals surface area (Å²) in [6, 6.07) is 6.86. The number of likely N-dealkylation sites (tertiary alicyclic amines) is 1. The van der Waals surface area contributed by atoms with Crippen LogP contribution in [0.3, 0.4) is 0 Å². The van der Waals surface area contributed by atoms with Crippen LogP contribution in [0.15, 0.2) is 35.3 Å². The maximum absolute atomic E-state index is 12.5. The van der Waals surface area contributed by atoms with Crippen LogP contribution in [0.5, 0.6) is 0 Å². The number of aromatic amines is 1. The number of hydrogen-bond acceptors (Lipinski definition) is 3. The first-order valence-corrected chi connectivity index (χ1v) is 8.86. The van der Waals surface area contributed by atoms with Crippen molar-refractivity contribution in [2.75, 3.05) is 6.54 Å². The van der Waals surface area contributed by atoms with Gasteiger partial charge in [-0.25, -0.2) is 0 Å². The normalized spacial score (nSPS) is 17.2. The van der Waals surface area contributed by atoms with Gasteiger partial charge in [-0.2, -0.15) is 0 Å². The zero-order chi connectivity index (χ0) is 18.7. The van der Waals surface area contributed by atoms with Crippen molar-refractivity contribution in [2.24, 2.45) is 7.05 Å². The molecule has 0 bridgehead atoms. The average Bonchev–Trinajstić information content (AvgIpc) is 3.02. The molecule has 2 aromatic heterocycles. The SMILES string of the molecule is CC(=O)N1CCCCC1c1ccc(C(=O)NCc2ccc(=O)[nH]c2)n1C. The highest BCUT2D eigenvalue weighted by Gasteiger charge is 2.28. The molecule has 1 saturated heterocycles. The molecule has 3 heterocycles. The minimum absolute atomic E-state index is 0.0204. The van der Waals surface area contributed by atoms with Crippen LogP contribution in [0.25, 0.3) is 0 Å². The maximum Gasteiger partial charge on any atom is 0.268 e. The van der Waals surface area contributed by atoms with Gasteiger partial charge < -0.3 is 19.8 Å². The lowest BCUT2D eigenvalue weighted by molar-refractivity contribution is -0.132. The zero-order valence-electron chi connectivity index (χ0n) is 15.1. The quantitative estimate of drug-likeness (QED) is 0.874. The number of piperidine rings is 1. The van der Waals surface area contributed by atoms with Crippen LogP contribution in [0.1, 0.15) is 54.0 Å². The summed E-state index contributed by atoms with van der Waals surface area (Å²) in [4.78, 5) is 40.0. The molecule has 2 amide bonds. The highest BCUT2D eigenvalue weighted by Crippen LogP contribution is 2.31. The number of rotatable bonds is 4. The predicted octanol–water partition coefficient (Wildman–Crippen LogP) is 1.72. The molecule has 1 atom stereocenters. The van der Waals surface area contributed by atoms with Crippen LogP contribution in [0.2, 0.25) is 0 Å². The highest BCUT2D eigenvalue weighted by atomic mass is 16.2. The summed E-state index contributed by atoms with van der Waals surface area (Å²) in [5.41, 5.74) is 2.18. The third-order valence-corrected chi connectivity index (χ3v) is 4.94. The minimum Gasteiger partial charge on any atom is -0.347 e. The number of nitrogens with zero attached hydrogens (tertiary/aromatic N) is 2. The van der Waals surface area contributed by atoms with Crippen molar-refractivity contribution in [3.63, 3.8) is 0 Å². The van der Waals surface area contributed by atoms with E-state index in [1.807, 2.05) is 22.6 Å². The van der Waals surface area contributed by atoms with Gasteiger partial charge in [-0.15, -0.1) is 0 Å². The van der Waals surface area contributed by atoms with E-state index in [9.17, 15) is 14.4 Å². The van der Waals surface area contributed by atoms with Gasteiger partial charge in [-0.3, -0.25) is 14.4 Å². The van der Waals surface area contributed by atoms with Gasteiger partial charge in [-0.1, -0.05) is 6.07 Å². The first kappa shape index (κ1) is 18.0. The number of amides is 2. The second-order valence-corrected chi connectivity index (χ2v) is 6.67. The number of hydrogen-bond donors (Lipinski definition) is 2. The number of H-pyrrole nitrogens is 1. The molecular weight excluding hydrogens is 332 g/mol. The Balaban J connectivity index is 1.73. The lowest BCUT2D eigenvalue weighted by Crippen LogP contribution is -2.38. The molecule has 1 aliphatic heterocycles. The fourth-order valence-corrected chi connectivity index (χ4v) is 3.53. The van der Waals surface area contributed by atoms with Gasteiger partial charge >= 0.3 is 0 Å². The van der Waals surface area contributed by atoms with Crippen LogP contribution in [-0.4, -0.2) is 32.8 Å². The molecule has 2 aromatic rings. The van der Waals surface area contributed by atoms with Crippen LogP contribution in [0.4, 0.5) is 0 Å². The smallest absolute Gasteiger partial charge is 0.268 e. The van der Waals surface area contributed by atoms with E-state index in [-0.39, 0.29) is 23.4 Å². The predicted molar refractivity (Wildman–Crippen MR) is 97.6 cm³/mol. The molecule has 0 aromatic carbocycles. The van der Waals surface area contributed by atoms with Crippen LogP contribution < -0.4 is 10.9 Å². The molecule has 138 valence electrons. The van der Waals surface area contributed by atoms with Crippen LogP contribution in [0, 0.1) is 0 Å². The summed E-state index contributed by atoms with van der Waals surface area (Å²) in [7, 11) is 1.86. The number of carbonyl (C=O) groups excluding carboxylic acids is 2. The molecule has 0 radical (unpaired) electrons. The molecule has 1 fully saturated rings. The van der Waals surface area contributed by atoms with E-state index >= 15 is 0 Å². The van der Waals surface area contributed by atoms with E-state index in [1.165, 1.54) is 6.07 Å². The molecule has 0 saturated carbocycles. The molecule has 7 nitrogen and oxygen atoms in total. The monoisotopic (exact) mass is 356 g/mol. The number of aromatic nitrogens is 2. The second kappa shape index (κ2) is 7.59. The molecule has 1 unspecified atom stereocenters. The fourth-order valence-electron chi connectivity index (χ4n) is 3.53. The van der Waals surface area contributed by atoms with E-state index in [0.29, 0.717) is 12.2 Å². The van der Waals surface area contributed by atoms with Gasteiger partial charge in [0.1, 0.15) is 5.69 Å². The van der Waals surface area contributed by atoms with Gasteiger partial charge in [0.15, 0.2) is 0 Å². The largest absolute Gasteiger partial charge is 0.347 e. The van der Waals surface area contributed by atoms with Crippen LogP contribution in [-0.2, 0) is 18.4 Å². The number of carbonyl (C=O) groups is 2. The van der Waals surface area contributed by atoms with Crippen molar-refractivity contribution < 1.29 is 9.59 Å². The molecule has 1 aliphatic rings. The number of pyridine rings is 1. The van der Waals surface area contributed by atoms with Crippen molar-refractivity contribution in [1.82, 2.24) is 19.8 Å². The van der Waals surface area contributed by atoms with Crippen molar-refractivity contribution in [3.8, 4) is 0 Å². The number of nitrogens with one attached hydrogen (secondary N) is 2. The van der Waals surface area contributed by atoms with Gasteiger partial charge in [0.2, 0.25) is 11.5 Å². The lowest BCUT2D eigenvalue weighted by atomic mass is 9.99. The summed E-state index contributed by atoms with van der Waals surface area (Å²) in [6.07, 6.45) is 4.60. The average molecular weight is 356 g/mol. The van der Waals surface area contributed by atoms with E-state index in [2.05, 4.69) is 10.3 Å². The third-order valence-electron chi connectivity index (χ3n) is 4.94. The summed E-state index contributed by atoms with van der Waals surface area (Å²) in [5.74, 6) is -0.116. The summed E-state index contributed by atoms with van der Waals surface area (Å²) >= 11 is 0. The van der Waals surface area contributed by atoms with E-state index in [0.717, 1.165) is 37.1 Å². The summed E-state index contributed by atoms with van der Waals surface area (Å²) < 4.78 is 1.87. The minimum atomic E-state index is -0.185. The molecule has 7 heteroatoms. The molecular formula is C19H24N4O3. The Morgan fingerprint density at radius 3 is 2.73 bits per heavy atom. The van der Waals surface area contributed by atoms with Gasteiger partial charge in [0.05, 0.1) is 6.04 Å². The van der Waals surface area contributed by atoms with Crippen molar-refractivity contribution in [3.05, 3.63) is 57.8 Å². The van der Waals surface area contributed by atoms with E-state index in [4.69, 9.17) is 0 Å². The molecule has 0 aliphatic carbocycles. The molecule has 26 heavy (non-hydrogen) atoms. The topological polar surface area (TPSA) is 87.2 Å². The molecule has 0 spiro atoms. The lowest BCUT2D eigenvalue weighted by Gasteiger charge is -2.35. The van der Waals surface area contributed by atoms with Crippen molar-refractivity contribution in [1.29, 1.82) is 0 Å². The van der Waals surface area contributed by atoms with Gasteiger partial charge in [-0.05, 0) is 37.0 Å². The Labute approximate surface area is 152 Å². The van der Waals surface area contributed by atoms with Crippen molar-refractivity contribution in [2.45, 2.75) is 38.8 Å². The fraction of sp³-hybridized carbons (Fsp3) is 0.421. The first-order chi connectivity index (χ1) is 12.5. The summed E-state index contributed by atoms with van der Waals surface area (Å²) in [6.45, 7) is 2.69. The Kier molecular flexibility index (Phi) is 5.25. The highest BCUT2D eigenvalue weighted by molar-refractivity contribution is 5.92. The second-order valence-electron chi connectivity index (χ2n) is 6.67. The summed E-state index contributed by atoms with van der Waals surface area (Å²) in [5, 5.41) is 2.86. The zero-order valence-corrected chi connectivity index (χ0v) is 15.1. The van der Waals surface area contributed by atoms with E-state index < -0.39 is 0 Å². The van der Waals surface area contributed by atoms with E-state index in [1.54, 1.807) is 25.3 Å². The Morgan fingerprint density at radius 2 is 2.04 bits per heavy atom. The van der Waals surface area contributed by atoms with Gasteiger partial charge in [0, 0.05) is 45.0 Å². The van der Waals surface area contributed by atoms with Gasteiger partial charge in [0.25, 0.3) is 5.91 Å². The van der Waals surface area contributed by atoms with Crippen molar-refractivity contribution >= 4 is 11.8 Å². The Morgan fingerprint density at radius 1 is 1.23 bits per heavy atom. The third kappa shape index (κ3) is 3.71. The standard InChI is InChI=1S/C19H24N4O3/c1-13(24)23-10-4-3-5-16(23)15-7-8-17(22(15)2)19(26)21-12-14-6-9-18(25)20-11-14/h6-9,11,16H,3-5,10,12H2,1-2H3,(H,20,25)(H,21,26).